The lowest BCUT2D eigenvalue weighted by molar-refractivity contribution is 1.08. The van der Waals surface area contributed by atoms with Gasteiger partial charge < -0.3 is 6.15 Å². The number of fused-ring (bicyclic) bond motifs is 2. The quantitative estimate of drug-likeness (QED) is 0.673. The van der Waals surface area contributed by atoms with Gasteiger partial charge in [0.25, 0.3) is 0 Å². The van der Waals surface area contributed by atoms with Crippen LogP contribution in [0.15, 0.2) is 22.7 Å². The van der Waals surface area contributed by atoms with Crippen LogP contribution >= 0.6 is 15.9 Å². The van der Waals surface area contributed by atoms with E-state index in [0.29, 0.717) is 0 Å². The largest absolute Gasteiger partial charge is 0.344 e. The molecule has 9 heavy (non-hydrogen) atoms. The van der Waals surface area contributed by atoms with Gasteiger partial charge in [-0.2, -0.15) is 0 Å². The SMILES string of the molecule is Brc1cc2cc(c1)C2.N. The Bertz CT molecular complexity index is 211. The van der Waals surface area contributed by atoms with Crippen molar-refractivity contribution in [1.29, 1.82) is 0 Å². The molecule has 0 unspecified atom stereocenters. The van der Waals surface area contributed by atoms with Gasteiger partial charge in [0.2, 0.25) is 0 Å². The number of hydrogen-bond donors (Lipinski definition) is 1. The van der Waals surface area contributed by atoms with E-state index in [1.54, 1.807) is 0 Å². The summed E-state index contributed by atoms with van der Waals surface area (Å²) in [6.45, 7) is 0. The average molecular weight is 186 g/mol. The van der Waals surface area contributed by atoms with Crippen molar-refractivity contribution in [2.24, 2.45) is 0 Å². The van der Waals surface area contributed by atoms with Crippen molar-refractivity contribution in [3.8, 4) is 0 Å². The van der Waals surface area contributed by atoms with Crippen LogP contribution in [0.25, 0.3) is 0 Å². The highest BCUT2D eigenvalue weighted by atomic mass is 79.9. The molecule has 1 nitrogen and oxygen atoms in total. The summed E-state index contributed by atoms with van der Waals surface area (Å²) >= 11 is 3.40. The lowest BCUT2D eigenvalue weighted by Crippen LogP contribution is -1.99. The van der Waals surface area contributed by atoms with Gasteiger partial charge >= 0.3 is 0 Å². The fourth-order valence-electron chi connectivity index (χ4n) is 1.03. The maximum Gasteiger partial charge on any atom is 0.0180 e. The molecular formula is C7H8BrN. The van der Waals surface area contributed by atoms with E-state index in [1.807, 2.05) is 0 Å². The molecule has 0 heterocycles. The molecule has 0 atom stereocenters. The Labute approximate surface area is 62.8 Å². The monoisotopic (exact) mass is 185 g/mol. The lowest BCUT2D eigenvalue weighted by Gasteiger charge is -2.13. The Morgan fingerprint density at radius 2 is 1.56 bits per heavy atom. The van der Waals surface area contributed by atoms with Crippen LogP contribution in [-0.2, 0) is 6.42 Å². The summed E-state index contributed by atoms with van der Waals surface area (Å²) in [6.07, 6.45) is 1.19. The fourth-order valence-corrected chi connectivity index (χ4v) is 1.61. The summed E-state index contributed by atoms with van der Waals surface area (Å²) in [6, 6.07) is 6.53. The van der Waals surface area contributed by atoms with Gasteiger partial charge in [0.05, 0.1) is 0 Å². The zero-order chi connectivity index (χ0) is 5.56. The molecule has 3 N–H and O–H groups in total. The summed E-state index contributed by atoms with van der Waals surface area (Å²) in [5.74, 6) is 0. The standard InChI is InChI=1S/C7H5Br.H3N/c8-7-3-5-1-6(2-5)4-7;/h1,3-4H,2H2;1H3. The van der Waals surface area contributed by atoms with Gasteiger partial charge in [0.15, 0.2) is 0 Å². The van der Waals surface area contributed by atoms with Crippen molar-refractivity contribution in [3.63, 3.8) is 0 Å². The molecular weight excluding hydrogens is 178 g/mol. The van der Waals surface area contributed by atoms with E-state index in [-0.39, 0.29) is 6.15 Å². The summed E-state index contributed by atoms with van der Waals surface area (Å²) < 4.78 is 1.22. The minimum Gasteiger partial charge on any atom is -0.344 e. The smallest absolute Gasteiger partial charge is 0.0180 e. The third-order valence-electron chi connectivity index (χ3n) is 1.43. The van der Waals surface area contributed by atoms with Gasteiger partial charge in [-0.05, 0) is 29.7 Å². The fraction of sp³-hybridized carbons (Fsp3) is 0.143. The highest BCUT2D eigenvalue weighted by molar-refractivity contribution is 9.10. The topological polar surface area (TPSA) is 35.0 Å². The van der Waals surface area contributed by atoms with Crippen LogP contribution in [0.4, 0.5) is 0 Å². The Balaban J connectivity index is 0.000000405. The van der Waals surface area contributed by atoms with Crippen molar-refractivity contribution in [2.75, 3.05) is 0 Å². The highest BCUT2D eigenvalue weighted by Crippen LogP contribution is 2.25. The Kier molecular flexibility index (Phi) is 1.60. The summed E-state index contributed by atoms with van der Waals surface area (Å²) in [5.41, 5.74) is 2.91. The second-order valence-electron chi connectivity index (χ2n) is 2.14. The van der Waals surface area contributed by atoms with E-state index in [0.717, 1.165) is 0 Å². The second kappa shape index (κ2) is 2.12. The van der Waals surface area contributed by atoms with Crippen LogP contribution < -0.4 is 6.15 Å². The minimum atomic E-state index is 0. The normalized spacial score (nSPS) is 11.7. The van der Waals surface area contributed by atoms with Gasteiger partial charge in [-0.3, -0.25) is 0 Å². The van der Waals surface area contributed by atoms with Crippen LogP contribution in [0.2, 0.25) is 0 Å². The van der Waals surface area contributed by atoms with Crippen LogP contribution in [0.5, 0.6) is 0 Å². The molecule has 0 aromatic heterocycles. The van der Waals surface area contributed by atoms with E-state index in [9.17, 15) is 0 Å². The number of halogens is 1. The average Bonchev–Trinajstić information content (AvgIpc) is 1.62. The molecule has 0 radical (unpaired) electrons. The van der Waals surface area contributed by atoms with Gasteiger partial charge in [-0.25, -0.2) is 0 Å². The predicted molar refractivity (Wildman–Crippen MR) is 42.0 cm³/mol. The predicted octanol–water partition coefficient (Wildman–Crippen LogP) is 2.52. The van der Waals surface area contributed by atoms with Crippen molar-refractivity contribution in [1.82, 2.24) is 6.15 Å². The van der Waals surface area contributed by atoms with E-state index in [4.69, 9.17) is 0 Å². The highest BCUT2D eigenvalue weighted by Gasteiger charge is 2.08. The van der Waals surface area contributed by atoms with Crippen molar-refractivity contribution in [2.45, 2.75) is 6.42 Å². The molecule has 2 aliphatic carbocycles. The van der Waals surface area contributed by atoms with E-state index >= 15 is 0 Å². The minimum absolute atomic E-state index is 0. The number of benzene rings is 1. The molecule has 0 fully saturated rings. The lowest BCUT2D eigenvalue weighted by atomic mass is 9.94. The molecule has 0 aliphatic heterocycles. The molecule has 2 bridgehead atoms. The molecule has 1 aromatic rings. The first-order valence-corrected chi connectivity index (χ1v) is 3.42. The third kappa shape index (κ3) is 1.00. The molecule has 48 valence electrons. The molecule has 1 aromatic carbocycles. The van der Waals surface area contributed by atoms with Gasteiger partial charge in [-0.1, -0.05) is 22.0 Å². The first-order valence-electron chi connectivity index (χ1n) is 2.63. The van der Waals surface area contributed by atoms with Gasteiger partial charge in [0, 0.05) is 4.47 Å². The van der Waals surface area contributed by atoms with Gasteiger partial charge in [0.1, 0.15) is 0 Å². The van der Waals surface area contributed by atoms with Gasteiger partial charge in [-0.15, -0.1) is 0 Å². The molecule has 0 amide bonds. The van der Waals surface area contributed by atoms with Crippen molar-refractivity contribution >= 4 is 15.9 Å². The summed E-state index contributed by atoms with van der Waals surface area (Å²) in [4.78, 5) is 0. The maximum atomic E-state index is 3.40. The Morgan fingerprint density at radius 3 is 1.78 bits per heavy atom. The molecule has 0 saturated carbocycles. The zero-order valence-corrected chi connectivity index (χ0v) is 6.61. The molecule has 2 heteroatoms. The van der Waals surface area contributed by atoms with Crippen LogP contribution in [0.1, 0.15) is 11.1 Å². The molecule has 3 rings (SSSR count). The maximum absolute atomic E-state index is 3.40. The van der Waals surface area contributed by atoms with E-state index in [2.05, 4.69) is 34.1 Å². The third-order valence-corrected chi connectivity index (χ3v) is 1.88. The summed E-state index contributed by atoms with van der Waals surface area (Å²) in [5, 5.41) is 0. The van der Waals surface area contributed by atoms with Crippen LogP contribution in [0.3, 0.4) is 0 Å². The van der Waals surface area contributed by atoms with E-state index in [1.165, 1.54) is 22.0 Å². The number of hydrogen-bond acceptors (Lipinski definition) is 1. The van der Waals surface area contributed by atoms with Crippen LogP contribution in [-0.4, -0.2) is 0 Å². The first-order chi connectivity index (χ1) is 3.84. The molecule has 0 saturated heterocycles. The summed E-state index contributed by atoms with van der Waals surface area (Å²) in [7, 11) is 0. The second-order valence-corrected chi connectivity index (χ2v) is 3.06. The Morgan fingerprint density at radius 1 is 1.11 bits per heavy atom. The van der Waals surface area contributed by atoms with Crippen molar-refractivity contribution in [3.05, 3.63) is 33.8 Å². The van der Waals surface area contributed by atoms with Crippen molar-refractivity contribution < 1.29 is 0 Å². The first kappa shape index (κ1) is 6.78. The molecule has 0 spiro atoms. The Hall–Kier alpha value is -0.340. The number of rotatable bonds is 0. The van der Waals surface area contributed by atoms with E-state index < -0.39 is 0 Å². The van der Waals surface area contributed by atoms with Crippen LogP contribution in [0, 0.1) is 0 Å². The zero-order valence-electron chi connectivity index (χ0n) is 5.02. The molecule has 2 aliphatic rings.